The predicted molar refractivity (Wildman–Crippen MR) is 101 cm³/mol. The van der Waals surface area contributed by atoms with Crippen molar-refractivity contribution in [2.24, 2.45) is 16.3 Å². The van der Waals surface area contributed by atoms with Gasteiger partial charge in [0.25, 0.3) is 0 Å². The van der Waals surface area contributed by atoms with Gasteiger partial charge in [0.1, 0.15) is 12.4 Å². The molecule has 25 heavy (non-hydrogen) atoms. The van der Waals surface area contributed by atoms with E-state index < -0.39 is 0 Å². The van der Waals surface area contributed by atoms with Gasteiger partial charge in [-0.2, -0.15) is 0 Å². The van der Waals surface area contributed by atoms with Crippen molar-refractivity contribution in [1.29, 1.82) is 0 Å². The molecule has 0 bridgehead atoms. The van der Waals surface area contributed by atoms with Crippen molar-refractivity contribution in [3.8, 4) is 5.75 Å². The fourth-order valence-corrected chi connectivity index (χ4v) is 4.04. The first-order valence-electron chi connectivity index (χ1n) is 9.38. The first kappa shape index (κ1) is 18.1. The standard InChI is InChI=1S/C20H31N3O2/c1-5-21-19(22-11-13-24-15-8-6-14(2)7-9-15)23-17-16-10-12-25-18(16)20(17,3)4/h6-9,16-18H,5,10-13H2,1-4H3,(H2,21,22,23). The highest BCUT2D eigenvalue weighted by molar-refractivity contribution is 5.80. The topological polar surface area (TPSA) is 54.9 Å². The number of fused-ring (bicyclic) bond motifs is 1. The zero-order valence-corrected chi connectivity index (χ0v) is 15.8. The lowest BCUT2D eigenvalue weighted by Gasteiger charge is -2.54. The van der Waals surface area contributed by atoms with Crippen LogP contribution < -0.4 is 15.4 Å². The number of aryl methyl sites for hydroxylation is 1. The van der Waals surface area contributed by atoms with Crippen molar-refractivity contribution in [2.75, 3.05) is 26.3 Å². The Balaban J connectivity index is 1.52. The normalized spacial score (nSPS) is 27.4. The minimum atomic E-state index is 0.149. The molecule has 0 amide bonds. The van der Waals surface area contributed by atoms with Crippen molar-refractivity contribution < 1.29 is 9.47 Å². The van der Waals surface area contributed by atoms with Crippen LogP contribution in [0.4, 0.5) is 0 Å². The molecule has 5 nitrogen and oxygen atoms in total. The van der Waals surface area contributed by atoms with Gasteiger partial charge in [-0.15, -0.1) is 0 Å². The Hall–Kier alpha value is -1.75. The van der Waals surface area contributed by atoms with Crippen LogP contribution >= 0.6 is 0 Å². The molecule has 1 aliphatic heterocycles. The largest absolute Gasteiger partial charge is 0.492 e. The van der Waals surface area contributed by atoms with Gasteiger partial charge in [0.05, 0.1) is 12.6 Å². The zero-order chi connectivity index (χ0) is 17.9. The lowest BCUT2D eigenvalue weighted by Crippen LogP contribution is -2.68. The average molecular weight is 345 g/mol. The summed E-state index contributed by atoms with van der Waals surface area (Å²) < 4.78 is 11.6. The summed E-state index contributed by atoms with van der Waals surface area (Å²) in [5.41, 5.74) is 1.39. The Labute approximate surface area is 151 Å². The summed E-state index contributed by atoms with van der Waals surface area (Å²) in [5.74, 6) is 2.37. The molecule has 0 spiro atoms. The molecule has 1 aromatic carbocycles. The maximum atomic E-state index is 5.87. The molecule has 1 aromatic rings. The Morgan fingerprint density at radius 1 is 1.32 bits per heavy atom. The van der Waals surface area contributed by atoms with Crippen molar-refractivity contribution in [3.63, 3.8) is 0 Å². The van der Waals surface area contributed by atoms with Crippen molar-refractivity contribution >= 4 is 5.96 Å². The van der Waals surface area contributed by atoms with E-state index in [-0.39, 0.29) is 5.41 Å². The van der Waals surface area contributed by atoms with E-state index in [9.17, 15) is 0 Å². The third-order valence-corrected chi connectivity index (χ3v) is 5.39. The minimum absolute atomic E-state index is 0.149. The number of ether oxygens (including phenoxy) is 2. The van der Waals surface area contributed by atoms with E-state index in [1.165, 1.54) is 5.56 Å². The Bertz CT molecular complexity index is 597. The van der Waals surface area contributed by atoms with Crippen LogP contribution in [0.15, 0.2) is 29.3 Å². The summed E-state index contributed by atoms with van der Waals surface area (Å²) in [5, 5.41) is 6.97. The maximum absolute atomic E-state index is 5.87. The molecule has 3 atom stereocenters. The van der Waals surface area contributed by atoms with E-state index >= 15 is 0 Å². The summed E-state index contributed by atoms with van der Waals surface area (Å²) in [6.45, 7) is 11.7. The monoisotopic (exact) mass is 345 g/mol. The second-order valence-corrected chi connectivity index (χ2v) is 7.61. The van der Waals surface area contributed by atoms with Gasteiger partial charge < -0.3 is 20.1 Å². The first-order valence-corrected chi connectivity index (χ1v) is 9.38. The number of rotatable bonds is 6. The smallest absolute Gasteiger partial charge is 0.191 e. The number of guanidine groups is 1. The van der Waals surface area contributed by atoms with Crippen LogP contribution in [0.5, 0.6) is 5.75 Å². The quantitative estimate of drug-likeness (QED) is 0.473. The van der Waals surface area contributed by atoms with Gasteiger partial charge in [-0.3, -0.25) is 0 Å². The number of nitrogens with one attached hydrogen (secondary N) is 2. The number of hydrogen-bond donors (Lipinski definition) is 2. The Morgan fingerprint density at radius 2 is 2.08 bits per heavy atom. The lowest BCUT2D eigenvalue weighted by atomic mass is 9.57. The molecule has 1 heterocycles. The highest BCUT2D eigenvalue weighted by atomic mass is 16.5. The summed E-state index contributed by atoms with van der Waals surface area (Å²) in [7, 11) is 0. The molecular weight excluding hydrogens is 314 g/mol. The minimum Gasteiger partial charge on any atom is -0.492 e. The Kier molecular flexibility index (Phi) is 5.52. The summed E-state index contributed by atoms with van der Waals surface area (Å²) in [4.78, 5) is 4.68. The van der Waals surface area contributed by atoms with E-state index in [2.05, 4.69) is 55.5 Å². The molecule has 2 aliphatic rings. The highest BCUT2D eigenvalue weighted by Crippen LogP contribution is 2.52. The van der Waals surface area contributed by atoms with Gasteiger partial charge in [0, 0.05) is 30.5 Å². The molecule has 138 valence electrons. The zero-order valence-electron chi connectivity index (χ0n) is 15.8. The second kappa shape index (κ2) is 7.65. The molecule has 3 rings (SSSR count). The average Bonchev–Trinajstić information content (AvgIpc) is 3.05. The Morgan fingerprint density at radius 3 is 2.80 bits per heavy atom. The molecule has 1 saturated heterocycles. The van der Waals surface area contributed by atoms with E-state index in [1.54, 1.807) is 0 Å². The first-order chi connectivity index (χ1) is 12.0. The molecule has 5 heteroatoms. The maximum Gasteiger partial charge on any atom is 0.191 e. The third-order valence-electron chi connectivity index (χ3n) is 5.39. The molecule has 1 saturated carbocycles. The lowest BCUT2D eigenvalue weighted by molar-refractivity contribution is -0.106. The molecule has 0 aromatic heterocycles. The van der Waals surface area contributed by atoms with Crippen LogP contribution in [0.3, 0.4) is 0 Å². The third kappa shape index (κ3) is 3.92. The van der Waals surface area contributed by atoms with Crippen molar-refractivity contribution in [2.45, 2.75) is 46.3 Å². The molecule has 2 N–H and O–H groups in total. The SMILES string of the molecule is CCNC(=NCCOc1ccc(C)cc1)NC1C2CCOC2C1(C)C. The van der Waals surface area contributed by atoms with E-state index in [0.29, 0.717) is 31.2 Å². The van der Waals surface area contributed by atoms with Crippen molar-refractivity contribution in [3.05, 3.63) is 29.8 Å². The molecule has 1 aliphatic carbocycles. The van der Waals surface area contributed by atoms with Crippen LogP contribution in [0, 0.1) is 18.3 Å². The van der Waals surface area contributed by atoms with Crippen LogP contribution in [0.1, 0.15) is 32.8 Å². The van der Waals surface area contributed by atoms with E-state index in [0.717, 1.165) is 31.3 Å². The predicted octanol–water partition coefficient (Wildman–Crippen LogP) is 2.74. The summed E-state index contributed by atoms with van der Waals surface area (Å²) in [6.07, 6.45) is 1.53. The number of hydrogen-bond acceptors (Lipinski definition) is 3. The van der Waals surface area contributed by atoms with Gasteiger partial charge in [-0.25, -0.2) is 4.99 Å². The second-order valence-electron chi connectivity index (χ2n) is 7.61. The highest BCUT2D eigenvalue weighted by Gasteiger charge is 2.59. The summed E-state index contributed by atoms with van der Waals surface area (Å²) >= 11 is 0. The fourth-order valence-electron chi connectivity index (χ4n) is 4.04. The van der Waals surface area contributed by atoms with E-state index in [4.69, 9.17) is 9.47 Å². The fraction of sp³-hybridized carbons (Fsp3) is 0.650. The van der Waals surface area contributed by atoms with Crippen LogP contribution in [0.25, 0.3) is 0 Å². The van der Waals surface area contributed by atoms with Crippen molar-refractivity contribution in [1.82, 2.24) is 10.6 Å². The van der Waals surface area contributed by atoms with Crippen LogP contribution in [-0.4, -0.2) is 44.4 Å². The molecular formula is C20H31N3O2. The summed E-state index contributed by atoms with van der Waals surface area (Å²) in [6, 6.07) is 8.53. The number of nitrogens with zero attached hydrogens (tertiary/aromatic N) is 1. The number of aliphatic imine (C=N–C) groups is 1. The molecule has 2 fully saturated rings. The molecule has 0 radical (unpaired) electrons. The van der Waals surface area contributed by atoms with Gasteiger partial charge in [0.15, 0.2) is 5.96 Å². The van der Waals surface area contributed by atoms with Gasteiger partial charge in [-0.05, 0) is 32.4 Å². The number of benzene rings is 1. The van der Waals surface area contributed by atoms with Crippen LogP contribution in [0.2, 0.25) is 0 Å². The van der Waals surface area contributed by atoms with Gasteiger partial charge in [0.2, 0.25) is 0 Å². The van der Waals surface area contributed by atoms with Gasteiger partial charge in [-0.1, -0.05) is 31.5 Å². The van der Waals surface area contributed by atoms with Gasteiger partial charge >= 0.3 is 0 Å². The molecule has 3 unspecified atom stereocenters. The van der Waals surface area contributed by atoms with E-state index in [1.807, 2.05) is 12.1 Å². The van der Waals surface area contributed by atoms with Crippen LogP contribution in [-0.2, 0) is 4.74 Å².